The van der Waals surface area contributed by atoms with E-state index in [0.717, 1.165) is 15.8 Å². The maximum Gasteiger partial charge on any atom is 0.123 e. The van der Waals surface area contributed by atoms with Crippen molar-refractivity contribution >= 4 is 15.9 Å². The van der Waals surface area contributed by atoms with E-state index >= 15 is 0 Å². The first-order valence-electron chi connectivity index (χ1n) is 5.38. The number of hydrogen-bond donors (Lipinski definition) is 2. The fourth-order valence-electron chi connectivity index (χ4n) is 1.66. The number of benzene rings is 1. The summed E-state index contributed by atoms with van der Waals surface area (Å²) in [5.74, 6) is 0.867. The molecular formula is C12H19BrN2O. The highest BCUT2D eigenvalue weighted by Crippen LogP contribution is 2.28. The molecule has 1 atom stereocenters. The molecule has 0 aliphatic rings. The zero-order valence-corrected chi connectivity index (χ0v) is 11.5. The Bertz CT molecular complexity index is 342. The second-order valence-electron chi connectivity index (χ2n) is 4.00. The van der Waals surface area contributed by atoms with Crippen molar-refractivity contribution in [3.05, 3.63) is 28.2 Å². The van der Waals surface area contributed by atoms with Gasteiger partial charge in [0.05, 0.1) is 7.11 Å². The van der Waals surface area contributed by atoms with E-state index in [9.17, 15) is 0 Å². The summed E-state index contributed by atoms with van der Waals surface area (Å²) in [6.07, 6.45) is 0. The standard InChI is InChI=1S/C12H19BrN2O/c1-8(2)15-11(7-14)10-6-9(13)4-5-12(10)16-3/h4-6,8,11,15H,7,14H2,1-3H3. The molecule has 0 aliphatic heterocycles. The van der Waals surface area contributed by atoms with E-state index < -0.39 is 0 Å². The first-order chi connectivity index (χ1) is 7.58. The molecule has 0 fully saturated rings. The van der Waals surface area contributed by atoms with Gasteiger partial charge in [0, 0.05) is 28.7 Å². The first-order valence-corrected chi connectivity index (χ1v) is 6.17. The van der Waals surface area contributed by atoms with Gasteiger partial charge in [-0.3, -0.25) is 0 Å². The Morgan fingerprint density at radius 1 is 1.44 bits per heavy atom. The van der Waals surface area contributed by atoms with E-state index in [1.807, 2.05) is 18.2 Å². The van der Waals surface area contributed by atoms with Crippen molar-refractivity contribution in [1.29, 1.82) is 0 Å². The first kappa shape index (κ1) is 13.5. The minimum absolute atomic E-state index is 0.118. The van der Waals surface area contributed by atoms with Crippen LogP contribution in [0.2, 0.25) is 0 Å². The van der Waals surface area contributed by atoms with Crippen molar-refractivity contribution in [2.45, 2.75) is 25.9 Å². The molecule has 3 N–H and O–H groups in total. The van der Waals surface area contributed by atoms with Crippen molar-refractivity contribution < 1.29 is 4.74 Å². The molecule has 1 unspecified atom stereocenters. The largest absolute Gasteiger partial charge is 0.496 e. The number of nitrogens with one attached hydrogen (secondary N) is 1. The zero-order chi connectivity index (χ0) is 12.1. The second kappa shape index (κ2) is 6.23. The smallest absolute Gasteiger partial charge is 0.123 e. The molecule has 1 aromatic carbocycles. The topological polar surface area (TPSA) is 47.3 Å². The van der Waals surface area contributed by atoms with Gasteiger partial charge < -0.3 is 15.8 Å². The second-order valence-corrected chi connectivity index (χ2v) is 4.91. The summed E-state index contributed by atoms with van der Waals surface area (Å²) in [5.41, 5.74) is 6.88. The van der Waals surface area contributed by atoms with Gasteiger partial charge in [0.25, 0.3) is 0 Å². The van der Waals surface area contributed by atoms with E-state index in [1.165, 1.54) is 0 Å². The summed E-state index contributed by atoms with van der Waals surface area (Å²) in [5, 5.41) is 3.42. The summed E-state index contributed by atoms with van der Waals surface area (Å²) >= 11 is 3.47. The normalized spacial score (nSPS) is 12.9. The summed E-state index contributed by atoms with van der Waals surface area (Å²) in [6.45, 7) is 4.76. The summed E-state index contributed by atoms with van der Waals surface area (Å²) in [6, 6.07) is 6.46. The monoisotopic (exact) mass is 286 g/mol. The molecule has 0 radical (unpaired) electrons. The van der Waals surface area contributed by atoms with Gasteiger partial charge in [-0.25, -0.2) is 0 Å². The Kier molecular flexibility index (Phi) is 5.25. The third-order valence-corrected chi connectivity index (χ3v) is 2.83. The van der Waals surface area contributed by atoms with Crippen LogP contribution in [0, 0.1) is 0 Å². The highest BCUT2D eigenvalue weighted by molar-refractivity contribution is 9.10. The van der Waals surface area contributed by atoms with Crippen molar-refractivity contribution in [1.82, 2.24) is 5.32 Å². The molecule has 3 nitrogen and oxygen atoms in total. The fraction of sp³-hybridized carbons (Fsp3) is 0.500. The lowest BCUT2D eigenvalue weighted by Gasteiger charge is -2.22. The zero-order valence-electron chi connectivity index (χ0n) is 9.96. The van der Waals surface area contributed by atoms with E-state index in [2.05, 4.69) is 35.1 Å². The molecule has 0 saturated carbocycles. The molecule has 0 spiro atoms. The molecule has 1 aromatic rings. The third kappa shape index (κ3) is 3.47. The molecule has 0 amide bonds. The van der Waals surface area contributed by atoms with Gasteiger partial charge in [-0.1, -0.05) is 29.8 Å². The minimum Gasteiger partial charge on any atom is -0.496 e. The number of halogens is 1. The molecule has 0 aliphatic carbocycles. The van der Waals surface area contributed by atoms with Gasteiger partial charge in [-0.15, -0.1) is 0 Å². The van der Waals surface area contributed by atoms with Crippen LogP contribution < -0.4 is 15.8 Å². The number of rotatable bonds is 5. The number of nitrogens with two attached hydrogens (primary N) is 1. The minimum atomic E-state index is 0.118. The van der Waals surface area contributed by atoms with Crippen LogP contribution in [0.4, 0.5) is 0 Å². The third-order valence-electron chi connectivity index (χ3n) is 2.34. The number of hydrogen-bond acceptors (Lipinski definition) is 3. The van der Waals surface area contributed by atoms with Gasteiger partial charge in [0.2, 0.25) is 0 Å². The quantitative estimate of drug-likeness (QED) is 0.874. The van der Waals surface area contributed by atoms with Crippen LogP contribution in [0.1, 0.15) is 25.5 Å². The Balaban J connectivity index is 3.02. The lowest BCUT2D eigenvalue weighted by atomic mass is 10.1. The lowest BCUT2D eigenvalue weighted by molar-refractivity contribution is 0.394. The molecule has 4 heteroatoms. The van der Waals surface area contributed by atoms with Crippen molar-refractivity contribution in [3.63, 3.8) is 0 Å². The molecule has 16 heavy (non-hydrogen) atoms. The van der Waals surface area contributed by atoms with Crippen LogP contribution in [0.5, 0.6) is 5.75 Å². The Hall–Kier alpha value is -0.580. The fourth-order valence-corrected chi connectivity index (χ4v) is 2.04. The van der Waals surface area contributed by atoms with Crippen LogP contribution in [0.15, 0.2) is 22.7 Å². The van der Waals surface area contributed by atoms with E-state index in [4.69, 9.17) is 10.5 Å². The van der Waals surface area contributed by atoms with Gasteiger partial charge >= 0.3 is 0 Å². The molecule has 0 aromatic heterocycles. The Labute approximate surface area is 105 Å². The Morgan fingerprint density at radius 2 is 2.12 bits per heavy atom. The summed E-state index contributed by atoms with van der Waals surface area (Å²) in [7, 11) is 1.68. The highest BCUT2D eigenvalue weighted by Gasteiger charge is 2.15. The van der Waals surface area contributed by atoms with E-state index in [1.54, 1.807) is 7.11 Å². The molecular weight excluding hydrogens is 268 g/mol. The van der Waals surface area contributed by atoms with Crippen LogP contribution >= 0.6 is 15.9 Å². The number of methoxy groups -OCH3 is 1. The Morgan fingerprint density at radius 3 is 2.62 bits per heavy atom. The van der Waals surface area contributed by atoms with E-state index in [-0.39, 0.29) is 6.04 Å². The molecule has 1 rings (SSSR count). The van der Waals surface area contributed by atoms with Gasteiger partial charge in [-0.2, -0.15) is 0 Å². The van der Waals surface area contributed by atoms with Crippen LogP contribution in [-0.4, -0.2) is 19.7 Å². The number of ether oxygens (including phenoxy) is 1. The highest BCUT2D eigenvalue weighted by atomic mass is 79.9. The predicted molar refractivity (Wildman–Crippen MR) is 70.8 cm³/mol. The van der Waals surface area contributed by atoms with Crippen LogP contribution in [0.3, 0.4) is 0 Å². The SMILES string of the molecule is COc1ccc(Br)cc1C(CN)NC(C)C. The molecule has 0 saturated heterocycles. The van der Waals surface area contributed by atoms with Crippen LogP contribution in [-0.2, 0) is 0 Å². The average molecular weight is 287 g/mol. The summed E-state index contributed by atoms with van der Waals surface area (Å²) in [4.78, 5) is 0. The van der Waals surface area contributed by atoms with Crippen molar-refractivity contribution in [2.75, 3.05) is 13.7 Å². The van der Waals surface area contributed by atoms with Gasteiger partial charge in [0.15, 0.2) is 0 Å². The molecule has 0 bridgehead atoms. The van der Waals surface area contributed by atoms with Crippen LogP contribution in [0.25, 0.3) is 0 Å². The maximum atomic E-state index is 5.79. The lowest BCUT2D eigenvalue weighted by Crippen LogP contribution is -2.33. The van der Waals surface area contributed by atoms with Gasteiger partial charge in [0.1, 0.15) is 5.75 Å². The maximum absolute atomic E-state index is 5.79. The molecule has 0 heterocycles. The van der Waals surface area contributed by atoms with Crippen molar-refractivity contribution in [3.8, 4) is 5.75 Å². The average Bonchev–Trinajstić information content (AvgIpc) is 2.25. The van der Waals surface area contributed by atoms with Crippen molar-refractivity contribution in [2.24, 2.45) is 5.73 Å². The van der Waals surface area contributed by atoms with E-state index in [0.29, 0.717) is 12.6 Å². The predicted octanol–water partition coefficient (Wildman–Crippen LogP) is 2.46. The van der Waals surface area contributed by atoms with Gasteiger partial charge in [-0.05, 0) is 18.2 Å². The molecule has 90 valence electrons. The summed E-state index contributed by atoms with van der Waals surface area (Å²) < 4.78 is 6.38.